The number of ether oxygens (including phenoxy) is 1. The fourth-order valence-corrected chi connectivity index (χ4v) is 2.75. The Labute approximate surface area is 139 Å². The maximum atomic E-state index is 11.7. The average molecular weight is 336 g/mol. The van der Waals surface area contributed by atoms with Crippen molar-refractivity contribution in [1.82, 2.24) is 5.32 Å². The predicted octanol–water partition coefficient (Wildman–Crippen LogP) is 2.71. The lowest BCUT2D eigenvalue weighted by Crippen LogP contribution is -2.32. The molecule has 2 rings (SSSR count). The summed E-state index contributed by atoms with van der Waals surface area (Å²) in [6.07, 6.45) is 2.28. The number of amides is 1. The van der Waals surface area contributed by atoms with Crippen LogP contribution >= 0.6 is 0 Å². The highest BCUT2D eigenvalue weighted by Crippen LogP contribution is 2.28. The highest BCUT2D eigenvalue weighted by atomic mass is 16.6. The van der Waals surface area contributed by atoms with Gasteiger partial charge in [-0.1, -0.05) is 0 Å². The Hall–Kier alpha value is -2.64. The summed E-state index contributed by atoms with van der Waals surface area (Å²) in [6.45, 7) is 0.501. The standard InChI is InChI=1S/C16H20N2O6/c19-15(20)13-5-1-11(2-6-13)9-17-16(21)24-10-12-3-7-14(8-4-12)18(22)23/h3-4,7-8,11,13H,1-2,5-6,9-10H2,(H,17,21)(H,19,20). The normalized spacial score (nSPS) is 20.2. The molecule has 0 spiro atoms. The van der Waals surface area contributed by atoms with Crippen LogP contribution in [0, 0.1) is 22.0 Å². The molecule has 0 saturated heterocycles. The molecule has 130 valence electrons. The first-order valence-corrected chi connectivity index (χ1v) is 7.82. The molecule has 0 aliphatic heterocycles. The van der Waals surface area contributed by atoms with E-state index in [2.05, 4.69) is 5.32 Å². The number of hydrogen-bond acceptors (Lipinski definition) is 5. The Morgan fingerprint density at radius 3 is 2.38 bits per heavy atom. The Bertz CT molecular complexity index is 593. The molecule has 0 unspecified atom stereocenters. The highest BCUT2D eigenvalue weighted by molar-refractivity contribution is 5.70. The number of hydrogen-bond donors (Lipinski definition) is 2. The molecular weight excluding hydrogens is 316 g/mol. The molecule has 1 aromatic rings. The number of carboxylic acids is 1. The molecule has 8 nitrogen and oxygen atoms in total. The van der Waals surface area contributed by atoms with Gasteiger partial charge in [-0.05, 0) is 49.3 Å². The second kappa shape index (κ2) is 8.28. The number of carboxylic acid groups (broad SMARTS) is 1. The van der Waals surface area contributed by atoms with Crippen molar-refractivity contribution in [2.45, 2.75) is 32.3 Å². The van der Waals surface area contributed by atoms with Gasteiger partial charge in [0.15, 0.2) is 0 Å². The van der Waals surface area contributed by atoms with Crippen LogP contribution in [0.5, 0.6) is 0 Å². The van der Waals surface area contributed by atoms with Gasteiger partial charge < -0.3 is 15.2 Å². The Morgan fingerprint density at radius 2 is 1.83 bits per heavy atom. The molecule has 0 radical (unpaired) electrons. The van der Waals surface area contributed by atoms with Crippen molar-refractivity contribution >= 4 is 17.7 Å². The van der Waals surface area contributed by atoms with E-state index in [4.69, 9.17) is 9.84 Å². The van der Waals surface area contributed by atoms with Crippen molar-refractivity contribution in [1.29, 1.82) is 0 Å². The molecule has 1 aromatic carbocycles. The molecule has 0 atom stereocenters. The van der Waals surface area contributed by atoms with E-state index in [1.807, 2.05) is 0 Å². The van der Waals surface area contributed by atoms with Crippen LogP contribution in [-0.4, -0.2) is 28.6 Å². The summed E-state index contributed by atoms with van der Waals surface area (Å²) in [5.41, 5.74) is 0.651. The summed E-state index contributed by atoms with van der Waals surface area (Å²) < 4.78 is 5.06. The molecule has 1 fully saturated rings. The van der Waals surface area contributed by atoms with E-state index in [0.29, 0.717) is 24.9 Å². The van der Waals surface area contributed by atoms with Gasteiger partial charge in [0.1, 0.15) is 6.61 Å². The monoisotopic (exact) mass is 336 g/mol. The zero-order chi connectivity index (χ0) is 17.5. The molecule has 0 aromatic heterocycles. The molecule has 2 N–H and O–H groups in total. The molecule has 1 saturated carbocycles. The largest absolute Gasteiger partial charge is 0.481 e. The molecular formula is C16H20N2O6. The Kier molecular flexibility index (Phi) is 6.11. The smallest absolute Gasteiger partial charge is 0.407 e. The summed E-state index contributed by atoms with van der Waals surface area (Å²) in [6, 6.07) is 5.80. The number of nitrogens with zero attached hydrogens (tertiary/aromatic N) is 1. The van der Waals surface area contributed by atoms with Crippen LogP contribution < -0.4 is 5.32 Å². The molecule has 24 heavy (non-hydrogen) atoms. The van der Waals surface area contributed by atoms with E-state index < -0.39 is 17.0 Å². The number of nitro groups is 1. The maximum Gasteiger partial charge on any atom is 0.407 e. The van der Waals surface area contributed by atoms with Crippen LogP contribution in [0.15, 0.2) is 24.3 Å². The van der Waals surface area contributed by atoms with Gasteiger partial charge in [-0.25, -0.2) is 4.79 Å². The second-order valence-electron chi connectivity index (χ2n) is 5.94. The minimum absolute atomic E-state index is 0.0137. The van der Waals surface area contributed by atoms with Crippen LogP contribution in [0.3, 0.4) is 0 Å². The molecule has 8 heteroatoms. The van der Waals surface area contributed by atoms with Gasteiger partial charge in [0, 0.05) is 18.7 Å². The number of aliphatic carboxylic acids is 1. The van der Waals surface area contributed by atoms with Gasteiger partial charge in [-0.3, -0.25) is 14.9 Å². The van der Waals surface area contributed by atoms with Crippen molar-refractivity contribution in [3.63, 3.8) is 0 Å². The minimum atomic E-state index is -0.746. The van der Waals surface area contributed by atoms with Crippen LogP contribution in [0.2, 0.25) is 0 Å². The van der Waals surface area contributed by atoms with Gasteiger partial charge in [0.25, 0.3) is 5.69 Å². The van der Waals surface area contributed by atoms with Crippen molar-refractivity contribution in [3.8, 4) is 0 Å². The SMILES string of the molecule is O=C(NCC1CCC(C(=O)O)CC1)OCc1ccc([N+](=O)[O-])cc1. The third-order valence-corrected chi connectivity index (χ3v) is 4.25. The topological polar surface area (TPSA) is 119 Å². The first kappa shape index (κ1) is 17.7. The molecule has 0 bridgehead atoms. The van der Waals surface area contributed by atoms with Crippen molar-refractivity contribution < 1.29 is 24.4 Å². The van der Waals surface area contributed by atoms with Gasteiger partial charge in [-0.15, -0.1) is 0 Å². The first-order chi connectivity index (χ1) is 11.5. The van der Waals surface area contributed by atoms with E-state index >= 15 is 0 Å². The zero-order valence-electron chi connectivity index (χ0n) is 13.1. The summed E-state index contributed by atoms with van der Waals surface area (Å²) >= 11 is 0. The first-order valence-electron chi connectivity index (χ1n) is 7.82. The van der Waals surface area contributed by atoms with E-state index in [9.17, 15) is 19.7 Å². The average Bonchev–Trinajstić information content (AvgIpc) is 2.58. The summed E-state index contributed by atoms with van der Waals surface area (Å²) in [7, 11) is 0. The zero-order valence-corrected chi connectivity index (χ0v) is 13.1. The van der Waals surface area contributed by atoms with E-state index in [0.717, 1.165) is 12.8 Å². The van der Waals surface area contributed by atoms with Crippen molar-refractivity contribution in [3.05, 3.63) is 39.9 Å². The number of benzene rings is 1. The van der Waals surface area contributed by atoms with Crippen molar-refractivity contribution in [2.24, 2.45) is 11.8 Å². The lowest BCUT2D eigenvalue weighted by atomic mass is 9.82. The second-order valence-corrected chi connectivity index (χ2v) is 5.94. The van der Waals surface area contributed by atoms with Crippen LogP contribution in [0.4, 0.5) is 10.5 Å². The van der Waals surface area contributed by atoms with Gasteiger partial charge in [-0.2, -0.15) is 0 Å². The molecule has 1 aliphatic carbocycles. The van der Waals surface area contributed by atoms with Crippen LogP contribution in [-0.2, 0) is 16.1 Å². The molecule has 1 aliphatic rings. The summed E-state index contributed by atoms with van der Waals surface area (Å²) in [4.78, 5) is 32.6. The third kappa shape index (κ3) is 5.22. The Balaban J connectivity index is 1.67. The number of non-ortho nitro benzene ring substituents is 1. The van der Waals surface area contributed by atoms with Crippen LogP contribution in [0.1, 0.15) is 31.2 Å². The van der Waals surface area contributed by atoms with E-state index in [1.165, 1.54) is 12.1 Å². The quantitative estimate of drug-likeness (QED) is 0.609. The molecule has 1 amide bonds. The minimum Gasteiger partial charge on any atom is -0.481 e. The lowest BCUT2D eigenvalue weighted by Gasteiger charge is -2.25. The number of nitro benzene ring substituents is 1. The van der Waals surface area contributed by atoms with Gasteiger partial charge in [0.05, 0.1) is 10.8 Å². The molecule has 0 heterocycles. The number of alkyl carbamates (subject to hydrolysis) is 1. The third-order valence-electron chi connectivity index (χ3n) is 4.25. The van der Waals surface area contributed by atoms with Gasteiger partial charge in [0.2, 0.25) is 0 Å². The van der Waals surface area contributed by atoms with Crippen LogP contribution in [0.25, 0.3) is 0 Å². The predicted molar refractivity (Wildman–Crippen MR) is 84.4 cm³/mol. The Morgan fingerprint density at radius 1 is 1.21 bits per heavy atom. The fourth-order valence-electron chi connectivity index (χ4n) is 2.75. The number of nitrogens with one attached hydrogen (secondary N) is 1. The lowest BCUT2D eigenvalue weighted by molar-refractivity contribution is -0.384. The summed E-state index contributed by atoms with van der Waals surface area (Å²) in [5.74, 6) is -0.744. The number of rotatable bonds is 6. The number of carbonyl (C=O) groups excluding carboxylic acids is 1. The van der Waals surface area contributed by atoms with E-state index in [-0.39, 0.29) is 24.1 Å². The maximum absolute atomic E-state index is 11.7. The van der Waals surface area contributed by atoms with E-state index in [1.54, 1.807) is 12.1 Å². The highest BCUT2D eigenvalue weighted by Gasteiger charge is 2.26. The fraction of sp³-hybridized carbons (Fsp3) is 0.500. The van der Waals surface area contributed by atoms with Crippen molar-refractivity contribution in [2.75, 3.05) is 6.54 Å². The van der Waals surface area contributed by atoms with Gasteiger partial charge >= 0.3 is 12.1 Å². The number of carbonyl (C=O) groups is 2. The summed E-state index contributed by atoms with van der Waals surface area (Å²) in [5, 5.41) is 22.2.